The minimum Gasteiger partial charge on any atom is -0.462 e. The van der Waals surface area contributed by atoms with Crippen molar-refractivity contribution in [3.05, 3.63) is 23.0 Å². The Morgan fingerprint density at radius 2 is 2.25 bits per heavy atom. The average Bonchev–Trinajstić information content (AvgIpc) is 2.21. The van der Waals surface area contributed by atoms with Gasteiger partial charge in [-0.2, -0.15) is 0 Å². The third-order valence-electron chi connectivity index (χ3n) is 2.04. The summed E-state index contributed by atoms with van der Waals surface area (Å²) in [4.78, 5) is 11.2. The number of halogens is 3. The molecule has 0 unspecified atom stereocenters. The van der Waals surface area contributed by atoms with E-state index >= 15 is 0 Å². The number of hydrogen-bond donors (Lipinski definition) is 1. The predicted octanol–water partition coefficient (Wildman–Crippen LogP) is 1.73. The van der Waals surface area contributed by atoms with Gasteiger partial charge in [0.2, 0.25) is 0 Å². The van der Waals surface area contributed by atoms with E-state index in [1.165, 1.54) is 6.92 Å². The lowest BCUT2D eigenvalue weighted by Gasteiger charge is -2.21. The van der Waals surface area contributed by atoms with Crippen molar-refractivity contribution in [2.45, 2.75) is 19.3 Å². The summed E-state index contributed by atoms with van der Waals surface area (Å²) in [7, 11) is 0. The Labute approximate surface area is 90.2 Å². The number of alkyl halides is 2. The van der Waals surface area contributed by atoms with Gasteiger partial charge in [0, 0.05) is 12.5 Å². The molecule has 1 aliphatic carbocycles. The molecule has 0 saturated carbocycles. The van der Waals surface area contributed by atoms with Crippen LogP contribution in [0.2, 0.25) is 0 Å². The van der Waals surface area contributed by atoms with Crippen molar-refractivity contribution in [2.24, 2.45) is 0 Å². The number of hydrogen-bond acceptors (Lipinski definition) is 3. The van der Waals surface area contributed by atoms with Crippen molar-refractivity contribution in [3.8, 4) is 0 Å². The first kappa shape index (κ1) is 12.8. The monoisotopic (exact) mass is 236 g/mol. The summed E-state index contributed by atoms with van der Waals surface area (Å²) >= 11 is 0. The molecule has 0 atom stereocenters. The molecule has 1 N–H and O–H groups in total. The Balaban J connectivity index is 3.08. The molecule has 0 aromatic rings. The highest BCUT2D eigenvalue weighted by Crippen LogP contribution is 2.36. The maximum atomic E-state index is 13.4. The number of aliphatic hydroxyl groups is 1. The maximum Gasteiger partial charge on any atom is 0.341 e. The van der Waals surface area contributed by atoms with Gasteiger partial charge in [0.25, 0.3) is 5.92 Å². The van der Waals surface area contributed by atoms with Crippen LogP contribution >= 0.6 is 0 Å². The molecule has 1 aliphatic rings. The highest BCUT2D eigenvalue weighted by atomic mass is 19.3. The number of ether oxygens (including phenoxy) is 1. The Kier molecular flexibility index (Phi) is 3.74. The van der Waals surface area contributed by atoms with Gasteiger partial charge in [-0.15, -0.1) is 0 Å². The molecule has 0 heterocycles. The van der Waals surface area contributed by atoms with E-state index in [1.54, 1.807) is 0 Å². The van der Waals surface area contributed by atoms with Crippen LogP contribution in [0.15, 0.2) is 23.0 Å². The number of allylic oxidation sites excluding steroid dienone is 1. The minimum absolute atomic E-state index is 0.0382. The quantitative estimate of drug-likeness (QED) is 0.759. The fourth-order valence-corrected chi connectivity index (χ4v) is 1.36. The van der Waals surface area contributed by atoms with Crippen molar-refractivity contribution in [2.75, 3.05) is 13.2 Å². The molecular weight excluding hydrogens is 225 g/mol. The van der Waals surface area contributed by atoms with Crippen LogP contribution in [0.5, 0.6) is 0 Å². The zero-order valence-corrected chi connectivity index (χ0v) is 8.60. The first-order valence-corrected chi connectivity index (χ1v) is 4.68. The van der Waals surface area contributed by atoms with Crippen molar-refractivity contribution in [1.82, 2.24) is 0 Å². The zero-order valence-electron chi connectivity index (χ0n) is 8.60. The van der Waals surface area contributed by atoms with Gasteiger partial charge >= 0.3 is 5.97 Å². The predicted molar refractivity (Wildman–Crippen MR) is 49.5 cm³/mol. The van der Waals surface area contributed by atoms with Crippen LogP contribution in [-0.2, 0) is 9.53 Å². The number of rotatable bonds is 3. The number of carbonyl (C=O) groups is 1. The fraction of sp³-hybridized carbons (Fsp3) is 0.500. The van der Waals surface area contributed by atoms with E-state index < -0.39 is 41.9 Å². The first-order chi connectivity index (χ1) is 7.41. The molecule has 0 radical (unpaired) electrons. The Morgan fingerprint density at radius 3 is 2.75 bits per heavy atom. The molecule has 0 amide bonds. The maximum absolute atomic E-state index is 13.4. The smallest absolute Gasteiger partial charge is 0.341 e. The molecule has 0 saturated heterocycles. The van der Waals surface area contributed by atoms with Crippen LogP contribution in [0.25, 0.3) is 0 Å². The molecule has 3 nitrogen and oxygen atoms in total. The van der Waals surface area contributed by atoms with Crippen LogP contribution in [0.1, 0.15) is 13.3 Å². The van der Waals surface area contributed by atoms with Gasteiger partial charge in [0.1, 0.15) is 5.83 Å². The van der Waals surface area contributed by atoms with Crippen LogP contribution < -0.4 is 0 Å². The number of aliphatic hydroxyl groups excluding tert-OH is 1. The summed E-state index contributed by atoms with van der Waals surface area (Å²) in [6, 6.07) is 0. The van der Waals surface area contributed by atoms with Gasteiger partial charge in [-0.25, -0.2) is 18.0 Å². The molecule has 6 heteroatoms. The highest BCUT2D eigenvalue weighted by Gasteiger charge is 2.37. The molecule has 16 heavy (non-hydrogen) atoms. The summed E-state index contributed by atoms with van der Waals surface area (Å²) in [6.07, 6.45) is -0.683. The summed E-state index contributed by atoms with van der Waals surface area (Å²) in [5.41, 5.74) is -1.31. The third-order valence-corrected chi connectivity index (χ3v) is 2.04. The van der Waals surface area contributed by atoms with Gasteiger partial charge in [0.05, 0.1) is 18.8 Å². The van der Waals surface area contributed by atoms with Crippen molar-refractivity contribution >= 4 is 5.97 Å². The van der Waals surface area contributed by atoms with Gasteiger partial charge in [-0.1, -0.05) is 0 Å². The van der Waals surface area contributed by atoms with Crippen molar-refractivity contribution in [3.63, 3.8) is 0 Å². The van der Waals surface area contributed by atoms with Gasteiger partial charge in [-0.05, 0) is 12.5 Å². The molecule has 0 aliphatic heterocycles. The molecule has 0 fully saturated rings. The van der Waals surface area contributed by atoms with Crippen LogP contribution in [0.3, 0.4) is 0 Å². The number of esters is 1. The number of carbonyl (C=O) groups excluding carboxylic acids is 1. The zero-order chi connectivity index (χ0) is 12.3. The minimum atomic E-state index is -3.34. The van der Waals surface area contributed by atoms with E-state index in [9.17, 15) is 18.0 Å². The molecule has 1 rings (SSSR count). The molecule has 0 aromatic carbocycles. The largest absolute Gasteiger partial charge is 0.462 e. The van der Waals surface area contributed by atoms with Gasteiger partial charge in [0.15, 0.2) is 0 Å². The lowest BCUT2D eigenvalue weighted by molar-refractivity contribution is -0.138. The normalized spacial score (nSPS) is 19.4. The first-order valence-electron chi connectivity index (χ1n) is 4.68. The Hall–Kier alpha value is -1.30. The standard InChI is InChI=1S/C10H11F3O3/c1-2-16-9(15)7-4-10(12,13)3-6(5-14)8(7)11/h4,14H,2-3,5H2,1H3. The molecule has 0 aromatic heterocycles. The fourth-order valence-electron chi connectivity index (χ4n) is 1.36. The van der Waals surface area contributed by atoms with E-state index in [0.29, 0.717) is 0 Å². The SMILES string of the molecule is CCOC(=O)C1=CC(F)(F)CC(CO)=C1F. The molecule has 0 spiro atoms. The second-order valence-corrected chi connectivity index (χ2v) is 3.29. The topological polar surface area (TPSA) is 46.5 Å². The Bertz CT molecular complexity index is 358. The second kappa shape index (κ2) is 4.69. The summed E-state index contributed by atoms with van der Waals surface area (Å²) in [5, 5.41) is 8.71. The van der Waals surface area contributed by atoms with Crippen molar-refractivity contribution < 1.29 is 27.8 Å². The van der Waals surface area contributed by atoms with Crippen LogP contribution in [0, 0.1) is 0 Å². The lowest BCUT2D eigenvalue weighted by Crippen LogP contribution is -2.24. The van der Waals surface area contributed by atoms with E-state index in [0.717, 1.165) is 0 Å². The van der Waals surface area contributed by atoms with Crippen LogP contribution in [0.4, 0.5) is 13.2 Å². The molecule has 90 valence electrons. The molecular formula is C10H11F3O3. The summed E-state index contributed by atoms with van der Waals surface area (Å²) in [5.74, 6) is -5.60. The van der Waals surface area contributed by atoms with E-state index in [4.69, 9.17) is 5.11 Å². The second-order valence-electron chi connectivity index (χ2n) is 3.29. The van der Waals surface area contributed by atoms with E-state index in [2.05, 4.69) is 4.74 Å². The van der Waals surface area contributed by atoms with E-state index in [1.807, 2.05) is 0 Å². The van der Waals surface area contributed by atoms with Crippen molar-refractivity contribution in [1.29, 1.82) is 0 Å². The highest BCUT2D eigenvalue weighted by molar-refractivity contribution is 5.93. The average molecular weight is 236 g/mol. The Morgan fingerprint density at radius 1 is 1.62 bits per heavy atom. The van der Waals surface area contributed by atoms with Gasteiger partial charge < -0.3 is 9.84 Å². The van der Waals surface area contributed by atoms with Gasteiger partial charge in [-0.3, -0.25) is 0 Å². The summed E-state index contributed by atoms with van der Waals surface area (Å²) in [6.45, 7) is 0.593. The molecule has 0 bridgehead atoms. The van der Waals surface area contributed by atoms with Crippen LogP contribution in [-0.4, -0.2) is 30.2 Å². The summed E-state index contributed by atoms with van der Waals surface area (Å²) < 4.78 is 44.0. The third kappa shape index (κ3) is 2.63. The van der Waals surface area contributed by atoms with E-state index in [-0.39, 0.29) is 12.7 Å². The lowest BCUT2D eigenvalue weighted by atomic mass is 9.96.